The monoisotopic (exact) mass is 308 g/mol. The minimum absolute atomic E-state index is 0.0463. The molecule has 18 heavy (non-hydrogen) atoms. The van der Waals surface area contributed by atoms with Gasteiger partial charge in [0, 0.05) is 21.8 Å². The lowest BCUT2D eigenvalue weighted by molar-refractivity contribution is 0.219. The summed E-state index contributed by atoms with van der Waals surface area (Å²) in [5.41, 5.74) is 2.19. The quantitative estimate of drug-likeness (QED) is 0.771. The van der Waals surface area contributed by atoms with E-state index in [1.165, 1.54) is 0 Å². The van der Waals surface area contributed by atoms with E-state index in [4.69, 9.17) is 8.83 Å². The van der Waals surface area contributed by atoms with Crippen LogP contribution in [0.3, 0.4) is 0 Å². The maximum Gasteiger partial charge on any atom is 0.149 e. The predicted molar refractivity (Wildman–Crippen MR) is 73.8 cm³/mol. The fourth-order valence-electron chi connectivity index (χ4n) is 2.35. The van der Waals surface area contributed by atoms with Crippen LogP contribution in [-0.4, -0.2) is 11.7 Å². The Labute approximate surface area is 113 Å². The topological polar surface area (TPSA) is 46.5 Å². The van der Waals surface area contributed by atoms with Crippen LogP contribution in [0.2, 0.25) is 0 Å². The molecule has 0 bridgehead atoms. The predicted octanol–water partition coefficient (Wildman–Crippen LogP) is 4.21. The Morgan fingerprint density at radius 3 is 2.39 bits per heavy atom. The zero-order chi connectivity index (χ0) is 12.9. The molecule has 0 radical (unpaired) electrons. The Morgan fingerprint density at radius 1 is 1.11 bits per heavy atom. The van der Waals surface area contributed by atoms with Gasteiger partial charge >= 0.3 is 0 Å². The van der Waals surface area contributed by atoms with Gasteiger partial charge in [-0.25, -0.2) is 0 Å². The Morgan fingerprint density at radius 2 is 1.72 bits per heavy atom. The minimum Gasteiger partial charge on any atom is -0.464 e. The summed E-state index contributed by atoms with van der Waals surface area (Å²) in [6, 6.07) is 3.81. The van der Waals surface area contributed by atoms with Gasteiger partial charge in [-0.2, -0.15) is 0 Å². The molecule has 3 nitrogen and oxygen atoms in total. The number of aliphatic hydroxyl groups excluding tert-OH is 1. The SMILES string of the molecule is CC(C)(CO)c1c2ccoc2c(Br)c2ccoc12. The summed E-state index contributed by atoms with van der Waals surface area (Å²) in [6.45, 7) is 4.03. The van der Waals surface area contributed by atoms with Crippen LogP contribution < -0.4 is 0 Å². The number of rotatable bonds is 2. The first-order chi connectivity index (χ1) is 8.56. The molecule has 3 aromatic rings. The van der Waals surface area contributed by atoms with E-state index in [-0.39, 0.29) is 12.0 Å². The molecule has 0 fully saturated rings. The largest absolute Gasteiger partial charge is 0.464 e. The highest BCUT2D eigenvalue weighted by molar-refractivity contribution is 9.10. The van der Waals surface area contributed by atoms with Crippen LogP contribution >= 0.6 is 15.9 Å². The smallest absolute Gasteiger partial charge is 0.149 e. The molecule has 0 saturated heterocycles. The molecule has 4 heteroatoms. The number of halogens is 1. The molecule has 2 heterocycles. The molecular weight excluding hydrogens is 296 g/mol. The molecule has 3 rings (SSSR count). The van der Waals surface area contributed by atoms with E-state index >= 15 is 0 Å². The summed E-state index contributed by atoms with van der Waals surface area (Å²) < 4.78 is 12.0. The van der Waals surface area contributed by atoms with Crippen molar-refractivity contribution >= 4 is 37.9 Å². The zero-order valence-corrected chi connectivity index (χ0v) is 11.7. The fraction of sp³-hybridized carbons (Fsp3) is 0.286. The molecule has 0 saturated carbocycles. The molecule has 0 aliphatic carbocycles. The van der Waals surface area contributed by atoms with Crippen molar-refractivity contribution in [3.05, 3.63) is 34.7 Å². The van der Waals surface area contributed by atoms with Crippen LogP contribution in [0.5, 0.6) is 0 Å². The first-order valence-corrected chi connectivity index (χ1v) is 6.53. The van der Waals surface area contributed by atoms with Crippen molar-refractivity contribution in [2.24, 2.45) is 0 Å². The second-order valence-corrected chi connectivity index (χ2v) is 5.85. The van der Waals surface area contributed by atoms with E-state index in [9.17, 15) is 5.11 Å². The Bertz CT molecular complexity index is 669. The molecule has 94 valence electrons. The summed E-state index contributed by atoms with van der Waals surface area (Å²) in [4.78, 5) is 0. The summed E-state index contributed by atoms with van der Waals surface area (Å²) in [5, 5.41) is 11.6. The number of aliphatic hydroxyl groups is 1. The van der Waals surface area contributed by atoms with Crippen LogP contribution in [0.1, 0.15) is 19.4 Å². The van der Waals surface area contributed by atoms with Gasteiger partial charge in [-0.1, -0.05) is 13.8 Å². The molecule has 0 aliphatic heterocycles. The Kier molecular flexibility index (Phi) is 2.54. The third-order valence-corrected chi connectivity index (χ3v) is 4.12. The van der Waals surface area contributed by atoms with Gasteiger partial charge in [-0.3, -0.25) is 0 Å². The summed E-state index contributed by atoms with van der Waals surface area (Å²) in [5.74, 6) is 0. The Balaban J connectivity index is 2.56. The van der Waals surface area contributed by atoms with Gasteiger partial charge in [0.05, 0.1) is 23.6 Å². The first kappa shape index (κ1) is 11.8. The number of hydrogen-bond donors (Lipinski definition) is 1. The van der Waals surface area contributed by atoms with Crippen LogP contribution in [0.15, 0.2) is 38.0 Å². The number of fused-ring (bicyclic) bond motifs is 2. The fourth-order valence-corrected chi connectivity index (χ4v) is 2.97. The lowest BCUT2D eigenvalue weighted by Crippen LogP contribution is -2.22. The van der Waals surface area contributed by atoms with Crippen molar-refractivity contribution < 1.29 is 13.9 Å². The van der Waals surface area contributed by atoms with E-state index in [0.29, 0.717) is 0 Å². The van der Waals surface area contributed by atoms with Gasteiger partial charge in [0.15, 0.2) is 0 Å². The average molecular weight is 309 g/mol. The molecule has 0 amide bonds. The van der Waals surface area contributed by atoms with Gasteiger partial charge in [0.25, 0.3) is 0 Å². The maximum absolute atomic E-state index is 9.63. The zero-order valence-electron chi connectivity index (χ0n) is 10.2. The van der Waals surface area contributed by atoms with Crippen LogP contribution in [0.25, 0.3) is 21.9 Å². The maximum atomic E-state index is 9.63. The molecule has 0 unspecified atom stereocenters. The van der Waals surface area contributed by atoms with Crippen molar-refractivity contribution in [3.63, 3.8) is 0 Å². The lowest BCUT2D eigenvalue weighted by Gasteiger charge is -2.23. The third kappa shape index (κ3) is 1.45. The molecule has 2 aromatic heterocycles. The van der Waals surface area contributed by atoms with Crippen molar-refractivity contribution in [3.8, 4) is 0 Å². The van der Waals surface area contributed by atoms with Gasteiger partial charge in [-0.05, 0) is 28.1 Å². The lowest BCUT2D eigenvalue weighted by atomic mass is 9.82. The molecule has 0 aliphatic rings. The molecular formula is C14H13BrO3. The number of hydrogen-bond acceptors (Lipinski definition) is 3. The normalized spacial score (nSPS) is 12.7. The summed E-state index contributed by atoms with van der Waals surface area (Å²) in [7, 11) is 0. The van der Waals surface area contributed by atoms with E-state index < -0.39 is 0 Å². The van der Waals surface area contributed by atoms with Crippen LogP contribution in [0.4, 0.5) is 0 Å². The highest BCUT2D eigenvalue weighted by atomic mass is 79.9. The van der Waals surface area contributed by atoms with Gasteiger partial charge in [0.2, 0.25) is 0 Å². The standard InChI is InChI=1S/C14H13BrO3/c1-14(2,7-16)10-8-3-5-18-13(8)11(15)9-4-6-17-12(9)10/h3-6,16H,7H2,1-2H3. The number of furan rings is 2. The van der Waals surface area contributed by atoms with E-state index in [1.54, 1.807) is 12.5 Å². The second-order valence-electron chi connectivity index (χ2n) is 5.06. The Hall–Kier alpha value is -1.26. The van der Waals surface area contributed by atoms with Gasteiger partial charge in [-0.15, -0.1) is 0 Å². The van der Waals surface area contributed by atoms with E-state index in [1.807, 2.05) is 26.0 Å². The first-order valence-electron chi connectivity index (χ1n) is 5.73. The summed E-state index contributed by atoms with van der Waals surface area (Å²) in [6.07, 6.45) is 3.32. The van der Waals surface area contributed by atoms with Crippen LogP contribution in [0, 0.1) is 0 Å². The van der Waals surface area contributed by atoms with Gasteiger partial charge in [0.1, 0.15) is 11.2 Å². The minimum atomic E-state index is -0.390. The number of benzene rings is 1. The highest BCUT2D eigenvalue weighted by Crippen LogP contribution is 2.42. The molecule has 1 N–H and O–H groups in total. The van der Waals surface area contributed by atoms with E-state index in [0.717, 1.165) is 32.0 Å². The second kappa shape index (κ2) is 3.87. The van der Waals surface area contributed by atoms with E-state index in [2.05, 4.69) is 15.9 Å². The van der Waals surface area contributed by atoms with Crippen molar-refractivity contribution in [2.75, 3.05) is 6.61 Å². The molecule has 0 spiro atoms. The highest BCUT2D eigenvalue weighted by Gasteiger charge is 2.28. The average Bonchev–Trinajstić information content (AvgIpc) is 2.97. The van der Waals surface area contributed by atoms with Crippen molar-refractivity contribution in [1.82, 2.24) is 0 Å². The van der Waals surface area contributed by atoms with Crippen molar-refractivity contribution in [1.29, 1.82) is 0 Å². The molecule has 1 aromatic carbocycles. The van der Waals surface area contributed by atoms with Crippen LogP contribution in [-0.2, 0) is 5.41 Å². The third-order valence-electron chi connectivity index (χ3n) is 3.33. The molecule has 0 atom stereocenters. The van der Waals surface area contributed by atoms with Crippen molar-refractivity contribution in [2.45, 2.75) is 19.3 Å². The summed E-state index contributed by atoms with van der Waals surface area (Å²) >= 11 is 3.55. The van der Waals surface area contributed by atoms with Gasteiger partial charge < -0.3 is 13.9 Å².